The predicted molar refractivity (Wildman–Crippen MR) is 84.9 cm³/mol. The fourth-order valence-corrected chi connectivity index (χ4v) is 2.88. The lowest BCUT2D eigenvalue weighted by molar-refractivity contribution is -0.134. The minimum Gasteiger partial charge on any atom is -0.484 e. The Bertz CT molecular complexity index is 680. The highest BCUT2D eigenvalue weighted by molar-refractivity contribution is 5.92. The van der Waals surface area contributed by atoms with Crippen molar-refractivity contribution in [1.82, 2.24) is 9.88 Å². The Morgan fingerprint density at radius 1 is 1.26 bits per heavy atom. The molecule has 6 nitrogen and oxygen atoms in total. The molecule has 3 rings (SSSR count). The van der Waals surface area contributed by atoms with Crippen molar-refractivity contribution in [3.05, 3.63) is 53.9 Å². The zero-order valence-electron chi connectivity index (χ0n) is 12.7. The highest BCUT2D eigenvalue weighted by Crippen LogP contribution is 2.30. The maximum absolute atomic E-state index is 12.4. The highest BCUT2D eigenvalue weighted by atomic mass is 16.5. The van der Waals surface area contributed by atoms with Gasteiger partial charge in [0.2, 0.25) is 5.91 Å². The first-order valence-electron chi connectivity index (χ1n) is 7.60. The molecule has 23 heavy (non-hydrogen) atoms. The monoisotopic (exact) mass is 313 g/mol. The zero-order chi connectivity index (χ0) is 16.2. The zero-order valence-corrected chi connectivity index (χ0v) is 12.7. The minimum absolute atomic E-state index is 0.0207. The molecule has 0 spiro atoms. The van der Waals surface area contributed by atoms with Crippen molar-refractivity contribution in [3.63, 3.8) is 0 Å². The molecule has 1 saturated heterocycles. The molecule has 0 radical (unpaired) electrons. The molecule has 2 amide bonds. The average molecular weight is 313 g/mol. The van der Waals surface area contributed by atoms with Gasteiger partial charge in [0, 0.05) is 24.0 Å². The number of ether oxygens (including phenoxy) is 1. The molecule has 1 atom stereocenters. The van der Waals surface area contributed by atoms with Crippen LogP contribution in [0.4, 0.5) is 0 Å². The van der Waals surface area contributed by atoms with Crippen LogP contribution in [0.1, 0.15) is 34.9 Å². The summed E-state index contributed by atoms with van der Waals surface area (Å²) in [6.07, 6.45) is 3.81. The second-order valence-electron chi connectivity index (χ2n) is 5.55. The van der Waals surface area contributed by atoms with E-state index in [9.17, 15) is 9.59 Å². The number of aromatic amines is 1. The van der Waals surface area contributed by atoms with Crippen molar-refractivity contribution in [2.24, 2.45) is 5.73 Å². The molecule has 1 aliphatic heterocycles. The van der Waals surface area contributed by atoms with Crippen molar-refractivity contribution in [2.75, 3.05) is 13.2 Å². The summed E-state index contributed by atoms with van der Waals surface area (Å²) in [4.78, 5) is 28.5. The van der Waals surface area contributed by atoms with Crippen molar-refractivity contribution < 1.29 is 14.3 Å². The van der Waals surface area contributed by atoms with Gasteiger partial charge in [-0.05, 0) is 49.2 Å². The summed E-state index contributed by atoms with van der Waals surface area (Å²) in [7, 11) is 0. The fourth-order valence-electron chi connectivity index (χ4n) is 2.88. The number of carbonyl (C=O) groups excluding carboxylic acids is 2. The molecule has 1 aliphatic rings. The van der Waals surface area contributed by atoms with Gasteiger partial charge in [0.05, 0.1) is 6.04 Å². The quantitative estimate of drug-likeness (QED) is 0.883. The van der Waals surface area contributed by atoms with Gasteiger partial charge >= 0.3 is 0 Å². The molecule has 2 heterocycles. The van der Waals surface area contributed by atoms with E-state index in [0.29, 0.717) is 11.3 Å². The van der Waals surface area contributed by atoms with Gasteiger partial charge in [0.15, 0.2) is 6.61 Å². The fraction of sp³-hybridized carbons (Fsp3) is 0.294. The van der Waals surface area contributed by atoms with Crippen LogP contribution in [-0.4, -0.2) is 34.8 Å². The molecular formula is C17H19N3O3. The molecule has 1 fully saturated rings. The summed E-state index contributed by atoms with van der Waals surface area (Å²) in [5, 5.41) is 0. The summed E-state index contributed by atoms with van der Waals surface area (Å²) in [5.74, 6) is 0.0125. The van der Waals surface area contributed by atoms with Crippen molar-refractivity contribution in [2.45, 2.75) is 18.9 Å². The average Bonchev–Trinajstić information content (AvgIpc) is 3.23. The molecule has 120 valence electrons. The number of H-pyrrole nitrogens is 1. The van der Waals surface area contributed by atoms with Crippen LogP contribution in [0.3, 0.4) is 0 Å². The summed E-state index contributed by atoms with van der Waals surface area (Å²) in [5.41, 5.74) is 6.66. The molecule has 1 aromatic carbocycles. The standard InChI is InChI=1S/C17H19N3O3/c18-17(22)12-5-7-13(8-6-12)23-11-16(21)20-10-2-4-15(20)14-3-1-9-19-14/h1,3,5-9,15,19H,2,4,10-11H2,(H2,18,22)/t15-/m1/s1. The number of nitrogens with one attached hydrogen (secondary N) is 1. The van der Waals surface area contributed by atoms with Crippen LogP contribution in [0.2, 0.25) is 0 Å². The third-order valence-corrected chi connectivity index (χ3v) is 4.06. The number of likely N-dealkylation sites (tertiary alicyclic amines) is 1. The topological polar surface area (TPSA) is 88.4 Å². The maximum atomic E-state index is 12.4. The van der Waals surface area contributed by atoms with E-state index < -0.39 is 5.91 Å². The number of carbonyl (C=O) groups is 2. The van der Waals surface area contributed by atoms with E-state index in [4.69, 9.17) is 10.5 Å². The SMILES string of the molecule is NC(=O)c1ccc(OCC(=O)N2CCC[C@@H]2c2ccc[nH]2)cc1. The molecule has 0 aliphatic carbocycles. The van der Waals surface area contributed by atoms with Crippen LogP contribution in [-0.2, 0) is 4.79 Å². The van der Waals surface area contributed by atoms with Crippen LogP contribution in [0.5, 0.6) is 5.75 Å². The largest absolute Gasteiger partial charge is 0.484 e. The van der Waals surface area contributed by atoms with E-state index in [1.54, 1.807) is 24.3 Å². The first-order valence-corrected chi connectivity index (χ1v) is 7.60. The molecule has 1 aromatic heterocycles. The van der Waals surface area contributed by atoms with Gasteiger partial charge in [0.1, 0.15) is 5.75 Å². The Balaban J connectivity index is 1.59. The Morgan fingerprint density at radius 3 is 2.70 bits per heavy atom. The molecule has 0 unspecified atom stereocenters. The van der Waals surface area contributed by atoms with Crippen molar-refractivity contribution in [1.29, 1.82) is 0 Å². The molecule has 6 heteroatoms. The Kier molecular flexibility index (Phi) is 4.32. The molecular weight excluding hydrogens is 294 g/mol. The predicted octanol–water partition coefficient (Wildman–Crippen LogP) is 1.86. The Hall–Kier alpha value is -2.76. The smallest absolute Gasteiger partial charge is 0.261 e. The first-order chi connectivity index (χ1) is 11.1. The van der Waals surface area contributed by atoms with Gasteiger partial charge in [-0.2, -0.15) is 0 Å². The van der Waals surface area contributed by atoms with Gasteiger partial charge in [-0.1, -0.05) is 0 Å². The van der Waals surface area contributed by atoms with E-state index in [0.717, 1.165) is 25.1 Å². The van der Waals surface area contributed by atoms with Crippen molar-refractivity contribution >= 4 is 11.8 Å². The third-order valence-electron chi connectivity index (χ3n) is 4.06. The summed E-state index contributed by atoms with van der Waals surface area (Å²) < 4.78 is 5.53. The van der Waals surface area contributed by atoms with Crippen molar-refractivity contribution in [3.8, 4) is 5.75 Å². The number of hydrogen-bond acceptors (Lipinski definition) is 3. The van der Waals surface area contributed by atoms with Gasteiger partial charge in [-0.3, -0.25) is 9.59 Å². The van der Waals surface area contributed by atoms with Crippen LogP contribution < -0.4 is 10.5 Å². The Labute approximate surface area is 134 Å². The van der Waals surface area contributed by atoms with E-state index >= 15 is 0 Å². The van der Waals surface area contributed by atoms with Crippen LogP contribution in [0.15, 0.2) is 42.6 Å². The number of rotatable bonds is 5. The second kappa shape index (κ2) is 6.56. The summed E-state index contributed by atoms with van der Waals surface area (Å²) in [6, 6.07) is 10.5. The molecule has 2 aromatic rings. The number of nitrogens with two attached hydrogens (primary N) is 1. The molecule has 0 saturated carbocycles. The summed E-state index contributed by atoms with van der Waals surface area (Å²) >= 11 is 0. The number of primary amides is 1. The number of benzene rings is 1. The van der Waals surface area contributed by atoms with Crippen LogP contribution >= 0.6 is 0 Å². The van der Waals surface area contributed by atoms with E-state index in [1.165, 1.54) is 0 Å². The lowest BCUT2D eigenvalue weighted by Gasteiger charge is -2.24. The third kappa shape index (κ3) is 3.36. The maximum Gasteiger partial charge on any atom is 0.261 e. The highest BCUT2D eigenvalue weighted by Gasteiger charge is 2.30. The minimum atomic E-state index is -0.488. The van der Waals surface area contributed by atoms with E-state index in [1.807, 2.05) is 23.2 Å². The van der Waals surface area contributed by atoms with Gasteiger partial charge in [-0.15, -0.1) is 0 Å². The number of nitrogens with zero attached hydrogens (tertiary/aromatic N) is 1. The first kappa shape index (κ1) is 15.1. The molecule has 0 bridgehead atoms. The lowest BCUT2D eigenvalue weighted by atomic mass is 10.1. The number of amides is 2. The number of aromatic nitrogens is 1. The Morgan fingerprint density at radius 2 is 2.04 bits per heavy atom. The summed E-state index contributed by atoms with van der Waals surface area (Å²) in [6.45, 7) is 0.722. The van der Waals surface area contributed by atoms with E-state index in [2.05, 4.69) is 4.98 Å². The molecule has 3 N–H and O–H groups in total. The van der Waals surface area contributed by atoms with Gasteiger partial charge in [-0.25, -0.2) is 0 Å². The van der Waals surface area contributed by atoms with Gasteiger partial charge in [0.25, 0.3) is 5.91 Å². The second-order valence-corrected chi connectivity index (χ2v) is 5.55. The van der Waals surface area contributed by atoms with Crippen LogP contribution in [0, 0.1) is 0 Å². The van der Waals surface area contributed by atoms with Gasteiger partial charge < -0.3 is 20.4 Å². The normalized spacial score (nSPS) is 17.2. The van der Waals surface area contributed by atoms with E-state index in [-0.39, 0.29) is 18.6 Å². The lowest BCUT2D eigenvalue weighted by Crippen LogP contribution is -2.34. The van der Waals surface area contributed by atoms with Crippen LogP contribution in [0.25, 0.3) is 0 Å². The number of hydrogen-bond donors (Lipinski definition) is 2.